The maximum atomic E-state index is 13.7. The summed E-state index contributed by atoms with van der Waals surface area (Å²) in [5, 5.41) is 44.8. The van der Waals surface area contributed by atoms with E-state index in [1.807, 2.05) is 12.1 Å². The van der Waals surface area contributed by atoms with Gasteiger partial charge in [0.25, 0.3) is 0 Å². The molecule has 0 aliphatic heterocycles. The van der Waals surface area contributed by atoms with Gasteiger partial charge in [-0.05, 0) is 54.4 Å². The van der Waals surface area contributed by atoms with Crippen molar-refractivity contribution in [2.45, 2.75) is 38.2 Å². The Bertz CT molecular complexity index is 1590. The second-order valence-electron chi connectivity index (χ2n) is 10.9. The third-order valence-electron chi connectivity index (χ3n) is 8.83. The zero-order valence-electron chi connectivity index (χ0n) is 21.2. The minimum Gasteiger partial charge on any atom is -0.508 e. The van der Waals surface area contributed by atoms with E-state index in [1.54, 1.807) is 24.3 Å². The van der Waals surface area contributed by atoms with Crippen LogP contribution in [-0.4, -0.2) is 49.2 Å². The summed E-state index contributed by atoms with van der Waals surface area (Å²) in [6.07, 6.45) is 0.203. The molecular weight excluding hydrogens is 500 g/mol. The van der Waals surface area contributed by atoms with Crippen LogP contribution in [0.5, 0.6) is 5.75 Å². The summed E-state index contributed by atoms with van der Waals surface area (Å²) in [7, 11) is 0. The average molecular weight is 527 g/mol. The molecule has 2 aromatic carbocycles. The number of benzene rings is 2. The van der Waals surface area contributed by atoms with Crippen molar-refractivity contribution < 1.29 is 39.6 Å². The number of hydrogen-bond donors (Lipinski definition) is 4. The van der Waals surface area contributed by atoms with Crippen molar-refractivity contribution in [3.63, 3.8) is 0 Å². The number of aromatic hydroxyl groups is 1. The fourth-order valence-electron chi connectivity index (χ4n) is 6.86. The molecule has 8 heteroatoms. The molecule has 0 aromatic heterocycles. The first-order chi connectivity index (χ1) is 18.5. The molecule has 198 valence electrons. The van der Waals surface area contributed by atoms with Crippen LogP contribution in [0.2, 0.25) is 0 Å². The lowest BCUT2D eigenvalue weighted by Gasteiger charge is -2.46. The van der Waals surface area contributed by atoms with Gasteiger partial charge in [-0.15, -0.1) is 0 Å². The Morgan fingerprint density at radius 2 is 1.72 bits per heavy atom. The molecule has 4 N–H and O–H groups in total. The summed E-state index contributed by atoms with van der Waals surface area (Å²) >= 11 is 0. The molecule has 0 spiro atoms. The molecule has 4 aliphatic carbocycles. The Balaban J connectivity index is 1.41. The number of hydrogen-bond acceptors (Lipinski definition) is 8. The van der Waals surface area contributed by atoms with Crippen LogP contribution in [0.25, 0.3) is 11.3 Å². The Morgan fingerprint density at radius 1 is 1.03 bits per heavy atom. The minimum absolute atomic E-state index is 0.0323. The van der Waals surface area contributed by atoms with E-state index in [4.69, 9.17) is 0 Å². The van der Waals surface area contributed by atoms with Gasteiger partial charge in [-0.25, -0.2) is 0 Å². The molecule has 0 radical (unpaired) electrons. The number of Topliss-reactive ketones (excluding diaryl/α,β-unsaturated/α-hetero) is 4. The third-order valence-corrected chi connectivity index (χ3v) is 8.83. The number of fused-ring (bicyclic) bond motifs is 4. The Labute approximate surface area is 223 Å². The van der Waals surface area contributed by atoms with Gasteiger partial charge >= 0.3 is 0 Å². The lowest BCUT2D eigenvalue weighted by Crippen LogP contribution is -2.57. The molecule has 0 amide bonds. The van der Waals surface area contributed by atoms with Gasteiger partial charge in [0, 0.05) is 23.5 Å². The molecule has 2 aromatic rings. The first kappa shape index (κ1) is 25.0. The van der Waals surface area contributed by atoms with Gasteiger partial charge in [0.2, 0.25) is 5.78 Å². The number of aliphatic hydroxyl groups is 3. The standard InChI is InChI=1S/C31H26O8/c1-13-19-5-3-4-6-20(19)27(35)21(13)11-16-8-7-15-9-17-10-18-12-22(33)23(14(2)32)29(37)31(18,39)30(38)25(17)28(36)24(15)26(16)34/h3-8,17-18,21,34,36-37,39H,1,9-12H2,2H3/t17-,18-,21?,31+/m1/s1. The first-order valence-corrected chi connectivity index (χ1v) is 12.8. The van der Waals surface area contributed by atoms with E-state index in [0.717, 1.165) is 12.5 Å². The molecule has 6 rings (SSSR count). The molecule has 1 unspecified atom stereocenters. The monoisotopic (exact) mass is 526 g/mol. The fraction of sp³-hybridized carbons (Fsp3) is 0.290. The zero-order valence-corrected chi connectivity index (χ0v) is 21.2. The fourth-order valence-corrected chi connectivity index (χ4v) is 6.86. The number of carbonyl (C=O) groups is 4. The van der Waals surface area contributed by atoms with Crippen LogP contribution in [-0.2, 0) is 27.2 Å². The Kier molecular flexibility index (Phi) is 5.35. The van der Waals surface area contributed by atoms with E-state index in [1.165, 1.54) is 0 Å². The maximum Gasteiger partial charge on any atom is 0.202 e. The van der Waals surface area contributed by atoms with Gasteiger partial charge in [0.15, 0.2) is 23.0 Å². The second-order valence-corrected chi connectivity index (χ2v) is 10.9. The predicted molar refractivity (Wildman–Crippen MR) is 140 cm³/mol. The average Bonchev–Trinajstić information content (AvgIpc) is 3.12. The molecule has 8 nitrogen and oxygen atoms in total. The van der Waals surface area contributed by atoms with Crippen LogP contribution < -0.4 is 0 Å². The molecule has 39 heavy (non-hydrogen) atoms. The van der Waals surface area contributed by atoms with E-state index in [-0.39, 0.29) is 48.4 Å². The van der Waals surface area contributed by atoms with Crippen LogP contribution in [0.15, 0.2) is 59.9 Å². The van der Waals surface area contributed by atoms with Crippen LogP contribution in [0, 0.1) is 17.8 Å². The van der Waals surface area contributed by atoms with Gasteiger partial charge in [-0.1, -0.05) is 43.0 Å². The normalized spacial score (nSPS) is 27.8. The van der Waals surface area contributed by atoms with Crippen LogP contribution in [0.4, 0.5) is 0 Å². The van der Waals surface area contributed by atoms with Crippen molar-refractivity contribution >= 4 is 34.5 Å². The number of phenolic OH excluding ortho intramolecular Hbond substituents is 1. The maximum absolute atomic E-state index is 13.7. The number of carbonyl (C=O) groups excluding carboxylic acids is 4. The van der Waals surface area contributed by atoms with E-state index in [0.29, 0.717) is 22.3 Å². The first-order valence-electron chi connectivity index (χ1n) is 12.8. The van der Waals surface area contributed by atoms with Gasteiger partial charge in [0.05, 0.1) is 11.5 Å². The summed E-state index contributed by atoms with van der Waals surface area (Å²) in [5.74, 6) is -6.41. The summed E-state index contributed by atoms with van der Waals surface area (Å²) in [4.78, 5) is 51.3. The highest BCUT2D eigenvalue weighted by molar-refractivity contribution is 6.23. The molecule has 1 saturated carbocycles. The summed E-state index contributed by atoms with van der Waals surface area (Å²) < 4.78 is 0. The predicted octanol–water partition coefficient (Wildman–Crippen LogP) is 3.60. The van der Waals surface area contributed by atoms with Crippen molar-refractivity contribution in [3.05, 3.63) is 87.7 Å². The lowest BCUT2D eigenvalue weighted by molar-refractivity contribution is -0.147. The molecule has 0 heterocycles. The smallest absolute Gasteiger partial charge is 0.202 e. The van der Waals surface area contributed by atoms with Crippen molar-refractivity contribution in [2.24, 2.45) is 17.8 Å². The van der Waals surface area contributed by atoms with Crippen molar-refractivity contribution in [1.29, 1.82) is 0 Å². The van der Waals surface area contributed by atoms with Crippen molar-refractivity contribution in [3.8, 4) is 5.75 Å². The van der Waals surface area contributed by atoms with Gasteiger partial charge in [-0.3, -0.25) is 19.2 Å². The highest BCUT2D eigenvalue weighted by atomic mass is 16.3. The van der Waals surface area contributed by atoms with E-state index < -0.39 is 57.8 Å². The lowest BCUT2D eigenvalue weighted by atomic mass is 9.59. The Morgan fingerprint density at radius 3 is 2.38 bits per heavy atom. The Hall–Kier alpha value is -4.30. The van der Waals surface area contributed by atoms with Crippen LogP contribution in [0.1, 0.15) is 52.4 Å². The molecule has 0 bridgehead atoms. The number of allylic oxidation sites excluding steroid dienone is 2. The van der Waals surface area contributed by atoms with E-state index in [2.05, 4.69) is 6.58 Å². The molecular formula is C31H26O8. The summed E-state index contributed by atoms with van der Waals surface area (Å²) in [5.41, 5.74) is -0.334. The highest BCUT2D eigenvalue weighted by Crippen LogP contribution is 2.52. The SMILES string of the molecule is C=C1c2ccccc2C(=O)C1Cc1ccc2c(c1O)C(O)=C1C(=O)[C@@]3(O)C(O)=C(C(C)=O)C(=O)C[C@H]3C[C@H]1C2. The van der Waals surface area contributed by atoms with Gasteiger partial charge < -0.3 is 20.4 Å². The number of phenols is 1. The topological polar surface area (TPSA) is 149 Å². The van der Waals surface area contributed by atoms with E-state index >= 15 is 0 Å². The third kappa shape index (κ3) is 3.27. The van der Waals surface area contributed by atoms with Crippen molar-refractivity contribution in [2.75, 3.05) is 0 Å². The van der Waals surface area contributed by atoms with Gasteiger partial charge in [-0.2, -0.15) is 0 Å². The minimum atomic E-state index is -2.53. The number of rotatable bonds is 3. The van der Waals surface area contributed by atoms with Crippen LogP contribution >= 0.6 is 0 Å². The summed E-state index contributed by atoms with van der Waals surface area (Å²) in [6, 6.07) is 10.6. The summed E-state index contributed by atoms with van der Waals surface area (Å²) in [6.45, 7) is 5.15. The molecule has 1 fully saturated rings. The van der Waals surface area contributed by atoms with E-state index in [9.17, 15) is 39.6 Å². The molecule has 4 atom stereocenters. The zero-order chi connectivity index (χ0) is 28.0. The largest absolute Gasteiger partial charge is 0.508 e. The molecule has 0 saturated heterocycles. The van der Waals surface area contributed by atoms with Crippen molar-refractivity contribution in [1.82, 2.24) is 0 Å². The number of ketones is 4. The quantitative estimate of drug-likeness (QED) is 0.443. The van der Waals surface area contributed by atoms with Crippen LogP contribution in [0.3, 0.4) is 0 Å². The number of aliphatic hydroxyl groups excluding tert-OH is 2. The molecule has 4 aliphatic rings. The highest BCUT2D eigenvalue weighted by Gasteiger charge is 2.60. The second kappa shape index (κ2) is 8.35. The van der Waals surface area contributed by atoms with Gasteiger partial charge in [0.1, 0.15) is 22.8 Å².